The molecule has 0 aliphatic rings. The minimum Gasteiger partial charge on any atom is -0.493 e. The molecule has 0 aliphatic heterocycles. The summed E-state index contributed by atoms with van der Waals surface area (Å²) in [4.78, 5) is 8.38. The second-order valence-corrected chi connectivity index (χ2v) is 4.02. The van der Waals surface area contributed by atoms with E-state index >= 15 is 0 Å². The van der Waals surface area contributed by atoms with Crippen molar-refractivity contribution in [1.82, 2.24) is 19.7 Å². The third-order valence-electron chi connectivity index (χ3n) is 2.81. The first-order valence-electron chi connectivity index (χ1n) is 5.75. The van der Waals surface area contributed by atoms with E-state index in [1.165, 1.54) is 6.07 Å². The number of aromatic nitrogens is 4. The van der Waals surface area contributed by atoms with Crippen LogP contribution in [0.25, 0.3) is 22.2 Å². The zero-order valence-corrected chi connectivity index (χ0v) is 9.91. The minimum atomic E-state index is 0.00528. The van der Waals surface area contributed by atoms with E-state index in [1.807, 2.05) is 23.9 Å². The van der Waals surface area contributed by atoms with Gasteiger partial charge in [-0.1, -0.05) is 0 Å². The first-order valence-corrected chi connectivity index (χ1v) is 5.75. The first-order chi connectivity index (χ1) is 8.76. The van der Waals surface area contributed by atoms with Crippen LogP contribution < -0.4 is 0 Å². The molecule has 0 atom stereocenters. The molecule has 90 valence electrons. The molecular weight excluding hydrogens is 228 g/mol. The minimum absolute atomic E-state index is 0.00528. The molecule has 0 aromatic carbocycles. The average Bonchev–Trinajstić information content (AvgIpc) is 2.86. The summed E-state index contributed by atoms with van der Waals surface area (Å²) in [6.07, 6.45) is 5.55. The Hall–Kier alpha value is -2.43. The molecule has 0 unspecified atom stereocenters. The van der Waals surface area contributed by atoms with Gasteiger partial charge in [-0.3, -0.25) is 9.67 Å². The van der Waals surface area contributed by atoms with E-state index in [1.54, 1.807) is 18.5 Å². The van der Waals surface area contributed by atoms with Crippen molar-refractivity contribution in [2.75, 3.05) is 0 Å². The molecular formula is C13H12N4O. The van der Waals surface area contributed by atoms with Crippen molar-refractivity contribution in [1.29, 1.82) is 0 Å². The SMILES string of the molecule is CCn1cc(-c2cnc3ccc(O)nc3c2)cn1. The van der Waals surface area contributed by atoms with E-state index < -0.39 is 0 Å². The molecule has 0 spiro atoms. The summed E-state index contributed by atoms with van der Waals surface area (Å²) in [5, 5.41) is 13.6. The quantitative estimate of drug-likeness (QED) is 0.746. The number of pyridine rings is 2. The lowest BCUT2D eigenvalue weighted by Gasteiger charge is -2.00. The molecule has 3 rings (SSSR count). The highest BCUT2D eigenvalue weighted by atomic mass is 16.3. The maximum atomic E-state index is 9.38. The lowest BCUT2D eigenvalue weighted by molar-refractivity contribution is 0.456. The number of nitrogens with zero attached hydrogens (tertiary/aromatic N) is 4. The molecule has 3 aromatic rings. The second-order valence-electron chi connectivity index (χ2n) is 4.02. The van der Waals surface area contributed by atoms with Gasteiger partial charge in [0.15, 0.2) is 0 Å². The van der Waals surface area contributed by atoms with Gasteiger partial charge in [-0.05, 0) is 19.1 Å². The summed E-state index contributed by atoms with van der Waals surface area (Å²) in [5.74, 6) is 0.00528. The Labute approximate surface area is 104 Å². The van der Waals surface area contributed by atoms with E-state index in [-0.39, 0.29) is 5.88 Å². The van der Waals surface area contributed by atoms with E-state index in [2.05, 4.69) is 15.1 Å². The summed E-state index contributed by atoms with van der Waals surface area (Å²) >= 11 is 0. The molecule has 5 heteroatoms. The molecule has 0 saturated carbocycles. The van der Waals surface area contributed by atoms with Gasteiger partial charge in [0, 0.05) is 36.1 Å². The topological polar surface area (TPSA) is 63.8 Å². The van der Waals surface area contributed by atoms with Crippen molar-refractivity contribution in [3.63, 3.8) is 0 Å². The molecule has 0 aliphatic carbocycles. The molecule has 18 heavy (non-hydrogen) atoms. The van der Waals surface area contributed by atoms with Gasteiger partial charge in [0.1, 0.15) is 0 Å². The molecule has 1 N–H and O–H groups in total. The Morgan fingerprint density at radius 1 is 1.17 bits per heavy atom. The van der Waals surface area contributed by atoms with Gasteiger partial charge in [-0.2, -0.15) is 5.10 Å². The molecule has 0 fully saturated rings. The normalized spacial score (nSPS) is 10.9. The van der Waals surface area contributed by atoms with Gasteiger partial charge in [0.2, 0.25) is 5.88 Å². The van der Waals surface area contributed by atoms with E-state index in [9.17, 15) is 5.11 Å². The van der Waals surface area contributed by atoms with Crippen molar-refractivity contribution < 1.29 is 5.11 Å². The Morgan fingerprint density at radius 2 is 2.06 bits per heavy atom. The summed E-state index contributed by atoms with van der Waals surface area (Å²) in [6, 6.07) is 5.18. The Kier molecular flexibility index (Phi) is 2.44. The van der Waals surface area contributed by atoms with Gasteiger partial charge in [-0.25, -0.2) is 4.98 Å². The van der Waals surface area contributed by atoms with Crippen molar-refractivity contribution in [2.45, 2.75) is 13.5 Å². The number of aryl methyl sites for hydroxylation is 1. The maximum absolute atomic E-state index is 9.38. The third kappa shape index (κ3) is 1.79. The number of hydrogen-bond acceptors (Lipinski definition) is 4. The van der Waals surface area contributed by atoms with Gasteiger partial charge in [0.25, 0.3) is 0 Å². The monoisotopic (exact) mass is 240 g/mol. The molecule has 0 radical (unpaired) electrons. The highest BCUT2D eigenvalue weighted by Crippen LogP contribution is 2.22. The van der Waals surface area contributed by atoms with Crippen LogP contribution in [0.15, 0.2) is 36.8 Å². The molecule has 0 amide bonds. The van der Waals surface area contributed by atoms with Gasteiger partial charge in [-0.15, -0.1) is 0 Å². The van der Waals surface area contributed by atoms with Crippen LogP contribution in [0.3, 0.4) is 0 Å². The van der Waals surface area contributed by atoms with Crippen LogP contribution in [-0.2, 0) is 6.54 Å². The average molecular weight is 240 g/mol. The molecule has 0 bridgehead atoms. The van der Waals surface area contributed by atoms with Gasteiger partial charge < -0.3 is 5.11 Å². The predicted molar refractivity (Wildman–Crippen MR) is 68.1 cm³/mol. The standard InChI is InChI=1S/C13H12N4O/c1-2-17-8-10(7-15-17)9-5-12-11(14-6-9)3-4-13(18)16-12/h3-8H,2H2,1H3,(H,16,18). The van der Waals surface area contributed by atoms with Crippen molar-refractivity contribution in [2.24, 2.45) is 0 Å². The fourth-order valence-electron chi connectivity index (χ4n) is 1.84. The summed E-state index contributed by atoms with van der Waals surface area (Å²) in [7, 11) is 0. The molecule has 0 saturated heterocycles. The van der Waals surface area contributed by atoms with Crippen LogP contribution in [0.1, 0.15) is 6.92 Å². The highest BCUT2D eigenvalue weighted by molar-refractivity contribution is 5.80. The van der Waals surface area contributed by atoms with Crippen LogP contribution in [0.2, 0.25) is 0 Å². The fourth-order valence-corrected chi connectivity index (χ4v) is 1.84. The zero-order chi connectivity index (χ0) is 12.5. The number of hydrogen-bond donors (Lipinski definition) is 1. The summed E-state index contributed by atoms with van der Waals surface area (Å²) in [6.45, 7) is 2.87. The second kappa shape index (κ2) is 4.10. The third-order valence-corrected chi connectivity index (χ3v) is 2.81. The van der Waals surface area contributed by atoms with Crippen molar-refractivity contribution in [3.05, 3.63) is 36.8 Å². The lowest BCUT2D eigenvalue weighted by Crippen LogP contribution is -1.92. The lowest BCUT2D eigenvalue weighted by atomic mass is 10.1. The van der Waals surface area contributed by atoms with Crippen LogP contribution in [0.4, 0.5) is 0 Å². The number of aromatic hydroxyl groups is 1. The van der Waals surface area contributed by atoms with Crippen LogP contribution in [0, 0.1) is 0 Å². The van der Waals surface area contributed by atoms with Gasteiger partial charge >= 0.3 is 0 Å². The maximum Gasteiger partial charge on any atom is 0.211 e. The summed E-state index contributed by atoms with van der Waals surface area (Å²) in [5.41, 5.74) is 3.38. The Bertz CT molecular complexity index is 705. The van der Waals surface area contributed by atoms with E-state index in [0.717, 1.165) is 23.2 Å². The molecule has 3 heterocycles. The van der Waals surface area contributed by atoms with Crippen molar-refractivity contribution >= 4 is 11.0 Å². The summed E-state index contributed by atoms with van der Waals surface area (Å²) < 4.78 is 1.86. The zero-order valence-electron chi connectivity index (χ0n) is 9.91. The highest BCUT2D eigenvalue weighted by Gasteiger charge is 2.04. The molecule has 3 aromatic heterocycles. The van der Waals surface area contributed by atoms with Crippen LogP contribution in [0.5, 0.6) is 5.88 Å². The largest absolute Gasteiger partial charge is 0.493 e. The fraction of sp³-hybridized carbons (Fsp3) is 0.154. The van der Waals surface area contributed by atoms with E-state index in [4.69, 9.17) is 0 Å². The van der Waals surface area contributed by atoms with Crippen molar-refractivity contribution in [3.8, 4) is 17.0 Å². The van der Waals surface area contributed by atoms with Gasteiger partial charge in [0.05, 0.1) is 17.2 Å². The van der Waals surface area contributed by atoms with E-state index in [0.29, 0.717) is 5.52 Å². The Morgan fingerprint density at radius 3 is 2.83 bits per heavy atom. The predicted octanol–water partition coefficient (Wildman–Crippen LogP) is 2.22. The Balaban J connectivity index is 2.12. The van der Waals surface area contributed by atoms with Crippen LogP contribution in [-0.4, -0.2) is 24.9 Å². The number of rotatable bonds is 2. The molecule has 5 nitrogen and oxygen atoms in total. The van der Waals surface area contributed by atoms with Crippen LogP contribution >= 0.6 is 0 Å². The first kappa shape index (κ1) is 10.7. The number of fused-ring (bicyclic) bond motifs is 1. The smallest absolute Gasteiger partial charge is 0.211 e.